The maximum Gasteiger partial charge on any atom is 0.410 e. The zero-order chi connectivity index (χ0) is 20.6. The van der Waals surface area contributed by atoms with E-state index in [4.69, 9.17) is 14.2 Å². The normalized spacial score (nSPS) is 19.8. The van der Waals surface area contributed by atoms with Gasteiger partial charge in [-0.25, -0.2) is 9.59 Å². The van der Waals surface area contributed by atoms with E-state index in [0.717, 1.165) is 12.0 Å². The first kappa shape index (κ1) is 22.0. The van der Waals surface area contributed by atoms with Gasteiger partial charge in [0, 0.05) is 13.2 Å². The molecule has 2 amide bonds. The predicted molar refractivity (Wildman–Crippen MR) is 106 cm³/mol. The minimum Gasteiger partial charge on any atom is -0.445 e. The van der Waals surface area contributed by atoms with Crippen molar-refractivity contribution in [2.75, 3.05) is 19.7 Å². The van der Waals surface area contributed by atoms with Crippen LogP contribution < -0.4 is 5.32 Å². The lowest BCUT2D eigenvalue weighted by Gasteiger charge is -2.38. The van der Waals surface area contributed by atoms with E-state index >= 15 is 0 Å². The van der Waals surface area contributed by atoms with E-state index in [1.54, 1.807) is 4.90 Å². The van der Waals surface area contributed by atoms with E-state index in [1.807, 2.05) is 58.0 Å². The Morgan fingerprint density at radius 3 is 2.57 bits per heavy atom. The van der Waals surface area contributed by atoms with E-state index in [2.05, 4.69) is 5.32 Å². The largest absolute Gasteiger partial charge is 0.445 e. The summed E-state index contributed by atoms with van der Waals surface area (Å²) in [6.45, 7) is 9.18. The number of nitrogens with one attached hydrogen (secondary N) is 1. The smallest absolute Gasteiger partial charge is 0.410 e. The Balaban J connectivity index is 1.89. The Bertz CT molecular complexity index is 629. The number of carbonyl (C=O) groups is 2. The van der Waals surface area contributed by atoms with Gasteiger partial charge in [0.15, 0.2) is 0 Å². The lowest BCUT2D eigenvalue weighted by atomic mass is 10.0. The number of amides is 2. The second-order valence-electron chi connectivity index (χ2n) is 7.94. The van der Waals surface area contributed by atoms with Gasteiger partial charge in [-0.3, -0.25) is 0 Å². The van der Waals surface area contributed by atoms with Gasteiger partial charge in [-0.05, 0) is 39.2 Å². The summed E-state index contributed by atoms with van der Waals surface area (Å²) in [7, 11) is 0. The van der Waals surface area contributed by atoms with E-state index in [1.165, 1.54) is 0 Å². The molecule has 0 spiro atoms. The fourth-order valence-electron chi connectivity index (χ4n) is 2.93. The van der Waals surface area contributed by atoms with Gasteiger partial charge in [-0.2, -0.15) is 0 Å². The molecule has 0 aliphatic carbocycles. The number of hydrogen-bond donors (Lipinski definition) is 1. The Morgan fingerprint density at radius 2 is 1.93 bits per heavy atom. The molecule has 1 N–H and O–H groups in total. The summed E-state index contributed by atoms with van der Waals surface area (Å²) in [5, 5.41) is 2.89. The average Bonchev–Trinajstić information content (AvgIpc) is 2.65. The number of nitrogens with zero attached hydrogens (tertiary/aromatic N) is 1. The van der Waals surface area contributed by atoms with Crippen molar-refractivity contribution in [3.63, 3.8) is 0 Å². The summed E-state index contributed by atoms with van der Waals surface area (Å²) in [5.41, 5.74) is 0.379. The van der Waals surface area contributed by atoms with Crippen molar-refractivity contribution in [1.82, 2.24) is 10.2 Å². The highest BCUT2D eigenvalue weighted by molar-refractivity contribution is 5.69. The molecule has 1 aromatic carbocycles. The molecule has 2 unspecified atom stereocenters. The molecule has 156 valence electrons. The highest BCUT2D eigenvalue weighted by Crippen LogP contribution is 2.18. The molecule has 1 heterocycles. The molecule has 28 heavy (non-hydrogen) atoms. The van der Waals surface area contributed by atoms with Crippen molar-refractivity contribution in [2.45, 2.75) is 64.9 Å². The maximum absolute atomic E-state index is 12.4. The predicted octanol–water partition coefficient (Wildman–Crippen LogP) is 3.72. The quantitative estimate of drug-likeness (QED) is 0.798. The molecule has 0 saturated carbocycles. The van der Waals surface area contributed by atoms with Crippen molar-refractivity contribution in [3.05, 3.63) is 35.9 Å². The van der Waals surface area contributed by atoms with Gasteiger partial charge in [0.1, 0.15) is 12.2 Å². The lowest BCUT2D eigenvalue weighted by molar-refractivity contribution is -0.0340. The minimum absolute atomic E-state index is 0.212. The summed E-state index contributed by atoms with van der Waals surface area (Å²) < 4.78 is 16.7. The third-order valence-corrected chi connectivity index (χ3v) is 4.26. The molecule has 1 saturated heterocycles. The number of rotatable bonds is 6. The van der Waals surface area contributed by atoms with Crippen molar-refractivity contribution in [3.8, 4) is 0 Å². The van der Waals surface area contributed by atoms with Gasteiger partial charge in [-0.1, -0.05) is 37.3 Å². The van der Waals surface area contributed by atoms with Gasteiger partial charge in [0.2, 0.25) is 0 Å². The van der Waals surface area contributed by atoms with E-state index in [-0.39, 0.29) is 24.8 Å². The monoisotopic (exact) mass is 392 g/mol. The lowest BCUT2D eigenvalue weighted by Crippen LogP contribution is -2.57. The number of alkyl carbamates (subject to hydrolysis) is 1. The first-order chi connectivity index (χ1) is 13.3. The summed E-state index contributed by atoms with van der Waals surface area (Å²) >= 11 is 0. The van der Waals surface area contributed by atoms with Gasteiger partial charge >= 0.3 is 12.2 Å². The molecule has 0 bridgehead atoms. The van der Waals surface area contributed by atoms with Gasteiger partial charge in [-0.15, -0.1) is 0 Å². The Morgan fingerprint density at radius 1 is 1.21 bits per heavy atom. The van der Waals surface area contributed by atoms with Crippen molar-refractivity contribution in [1.29, 1.82) is 0 Å². The third-order valence-electron chi connectivity index (χ3n) is 4.26. The highest BCUT2D eigenvalue weighted by Gasteiger charge is 2.35. The van der Waals surface area contributed by atoms with Crippen molar-refractivity contribution in [2.24, 2.45) is 0 Å². The van der Waals surface area contributed by atoms with Gasteiger partial charge in [0.25, 0.3) is 0 Å². The second kappa shape index (κ2) is 10.3. The third kappa shape index (κ3) is 7.38. The van der Waals surface area contributed by atoms with Crippen LogP contribution in [0.15, 0.2) is 30.3 Å². The molecule has 1 aliphatic heterocycles. The Hall–Kier alpha value is -2.28. The Kier molecular flexibility index (Phi) is 8.11. The standard InChI is InChI=1S/C21H32N2O5/c1-5-13-26-18-14-23(20(25)28-21(2,3)4)12-11-17(18)22-19(24)27-15-16-9-7-6-8-10-16/h6-10,17-18H,5,11-15H2,1-4H3,(H,22,24). The maximum atomic E-state index is 12.4. The van der Waals surface area contributed by atoms with Crippen LogP contribution in [-0.4, -0.2) is 54.5 Å². The molecular formula is C21H32N2O5. The molecule has 0 aromatic heterocycles. The molecule has 2 atom stereocenters. The van der Waals surface area contributed by atoms with Crippen LogP contribution >= 0.6 is 0 Å². The SMILES string of the molecule is CCCOC1CN(C(=O)OC(C)(C)C)CCC1NC(=O)OCc1ccccc1. The van der Waals surface area contributed by atoms with Crippen LogP contribution in [-0.2, 0) is 20.8 Å². The van der Waals surface area contributed by atoms with Crippen LogP contribution in [0.2, 0.25) is 0 Å². The van der Waals surface area contributed by atoms with E-state index in [0.29, 0.717) is 26.1 Å². The number of hydrogen-bond acceptors (Lipinski definition) is 5. The van der Waals surface area contributed by atoms with Crippen molar-refractivity contribution < 1.29 is 23.8 Å². The molecular weight excluding hydrogens is 360 g/mol. The van der Waals surface area contributed by atoms with E-state index in [9.17, 15) is 9.59 Å². The summed E-state index contributed by atoms with van der Waals surface area (Å²) in [5.74, 6) is 0. The Labute approximate surface area is 167 Å². The molecule has 1 fully saturated rings. The van der Waals surface area contributed by atoms with Crippen LogP contribution in [0.1, 0.15) is 46.1 Å². The summed E-state index contributed by atoms with van der Waals surface area (Å²) in [4.78, 5) is 26.2. The molecule has 0 radical (unpaired) electrons. The molecule has 2 rings (SSSR count). The van der Waals surface area contributed by atoms with Crippen LogP contribution in [0, 0.1) is 0 Å². The number of carbonyl (C=O) groups excluding carboxylic acids is 2. The van der Waals surface area contributed by atoms with E-state index < -0.39 is 11.7 Å². The fraction of sp³-hybridized carbons (Fsp3) is 0.619. The molecule has 7 nitrogen and oxygen atoms in total. The average molecular weight is 392 g/mol. The minimum atomic E-state index is -0.548. The molecule has 1 aromatic rings. The highest BCUT2D eigenvalue weighted by atomic mass is 16.6. The molecule has 7 heteroatoms. The van der Waals surface area contributed by atoms with Gasteiger partial charge < -0.3 is 24.4 Å². The summed E-state index contributed by atoms with van der Waals surface area (Å²) in [6, 6.07) is 9.31. The number of ether oxygens (including phenoxy) is 3. The fourth-order valence-corrected chi connectivity index (χ4v) is 2.93. The van der Waals surface area contributed by atoms with Crippen LogP contribution in [0.4, 0.5) is 9.59 Å². The van der Waals surface area contributed by atoms with Crippen LogP contribution in [0.5, 0.6) is 0 Å². The number of benzene rings is 1. The van der Waals surface area contributed by atoms with Crippen LogP contribution in [0.25, 0.3) is 0 Å². The summed E-state index contributed by atoms with van der Waals surface area (Å²) in [6.07, 6.45) is 0.292. The van der Waals surface area contributed by atoms with Crippen LogP contribution in [0.3, 0.4) is 0 Å². The number of piperidine rings is 1. The van der Waals surface area contributed by atoms with Gasteiger partial charge in [0.05, 0.1) is 18.7 Å². The number of likely N-dealkylation sites (tertiary alicyclic amines) is 1. The first-order valence-corrected chi connectivity index (χ1v) is 9.85. The topological polar surface area (TPSA) is 77.1 Å². The zero-order valence-corrected chi connectivity index (χ0v) is 17.3. The molecule has 1 aliphatic rings. The first-order valence-electron chi connectivity index (χ1n) is 9.85. The van der Waals surface area contributed by atoms with Crippen molar-refractivity contribution >= 4 is 12.2 Å². The second-order valence-corrected chi connectivity index (χ2v) is 7.94. The zero-order valence-electron chi connectivity index (χ0n) is 17.3.